The van der Waals surface area contributed by atoms with Crippen molar-refractivity contribution in [3.8, 4) is 6.07 Å². The summed E-state index contributed by atoms with van der Waals surface area (Å²) in [7, 11) is 1.94. The molecule has 0 aliphatic carbocycles. The first-order chi connectivity index (χ1) is 9.30. The van der Waals surface area contributed by atoms with Crippen molar-refractivity contribution in [2.75, 3.05) is 17.3 Å². The molecule has 1 aliphatic rings. The molecule has 0 amide bonds. The number of anilines is 2. The highest BCUT2D eigenvalue weighted by molar-refractivity contribution is 5.58. The third-order valence-corrected chi connectivity index (χ3v) is 3.56. The molecule has 2 aromatic carbocycles. The smallest absolute Gasteiger partial charge is 0.0992 e. The van der Waals surface area contributed by atoms with Crippen LogP contribution >= 0.6 is 0 Å². The summed E-state index contributed by atoms with van der Waals surface area (Å²) in [6, 6.07) is 16.5. The van der Waals surface area contributed by atoms with Crippen LogP contribution in [0.25, 0.3) is 0 Å². The fraction of sp³-hybridized carbons (Fsp3) is 0.188. The van der Waals surface area contributed by atoms with Gasteiger partial charge in [-0.3, -0.25) is 0 Å². The lowest BCUT2D eigenvalue weighted by Gasteiger charge is -2.17. The number of nitriles is 1. The van der Waals surface area contributed by atoms with Crippen LogP contribution < -0.4 is 10.2 Å². The third-order valence-electron chi connectivity index (χ3n) is 3.56. The molecule has 3 rings (SSSR count). The van der Waals surface area contributed by atoms with Crippen molar-refractivity contribution in [1.82, 2.24) is 0 Å². The largest absolute Gasteiger partial charge is 0.388 e. The molecule has 0 fully saturated rings. The van der Waals surface area contributed by atoms with Crippen LogP contribution in [0.3, 0.4) is 0 Å². The monoisotopic (exact) mass is 249 g/mol. The van der Waals surface area contributed by atoms with Gasteiger partial charge in [0.2, 0.25) is 0 Å². The van der Waals surface area contributed by atoms with Crippen LogP contribution in [-0.2, 0) is 13.1 Å². The molecule has 0 spiro atoms. The Kier molecular flexibility index (Phi) is 2.85. The summed E-state index contributed by atoms with van der Waals surface area (Å²) in [4.78, 5) is 2.30. The van der Waals surface area contributed by atoms with E-state index in [2.05, 4.69) is 40.6 Å². The summed E-state index contributed by atoms with van der Waals surface area (Å²) in [6.07, 6.45) is 0. The molecule has 0 unspecified atom stereocenters. The highest BCUT2D eigenvalue weighted by Crippen LogP contribution is 2.30. The molecule has 0 radical (unpaired) electrons. The van der Waals surface area contributed by atoms with E-state index >= 15 is 0 Å². The maximum absolute atomic E-state index is 8.97. The average Bonchev–Trinajstić information content (AvgIpc) is 2.90. The van der Waals surface area contributed by atoms with E-state index < -0.39 is 0 Å². The fourth-order valence-electron chi connectivity index (χ4n) is 2.50. The Labute approximate surface area is 113 Å². The molecule has 0 saturated carbocycles. The van der Waals surface area contributed by atoms with E-state index in [1.54, 1.807) is 0 Å². The summed E-state index contributed by atoms with van der Waals surface area (Å²) in [6.45, 7) is 1.81. The highest BCUT2D eigenvalue weighted by Gasteiger charge is 2.19. The predicted molar refractivity (Wildman–Crippen MR) is 77.0 cm³/mol. The van der Waals surface area contributed by atoms with Crippen LogP contribution in [0.4, 0.5) is 11.4 Å². The number of benzene rings is 2. The molecule has 0 bridgehead atoms. The molecular weight excluding hydrogens is 234 g/mol. The average molecular weight is 249 g/mol. The summed E-state index contributed by atoms with van der Waals surface area (Å²) >= 11 is 0. The minimum Gasteiger partial charge on any atom is -0.388 e. The quantitative estimate of drug-likeness (QED) is 0.888. The number of hydrogen-bond donors (Lipinski definition) is 1. The van der Waals surface area contributed by atoms with Gasteiger partial charge in [0.15, 0.2) is 0 Å². The normalized spacial score (nSPS) is 12.9. The molecule has 94 valence electrons. The van der Waals surface area contributed by atoms with Crippen LogP contribution in [0.2, 0.25) is 0 Å². The molecule has 3 heteroatoms. The van der Waals surface area contributed by atoms with E-state index in [4.69, 9.17) is 5.26 Å². The number of nitrogens with one attached hydrogen (secondary N) is 1. The van der Waals surface area contributed by atoms with Gasteiger partial charge < -0.3 is 10.2 Å². The van der Waals surface area contributed by atoms with Crippen molar-refractivity contribution in [3.05, 3.63) is 59.2 Å². The Morgan fingerprint density at radius 1 is 1.11 bits per heavy atom. The van der Waals surface area contributed by atoms with E-state index in [1.807, 2.05) is 25.2 Å². The molecule has 0 aromatic heterocycles. The van der Waals surface area contributed by atoms with E-state index in [9.17, 15) is 0 Å². The highest BCUT2D eigenvalue weighted by atomic mass is 15.1. The zero-order valence-electron chi connectivity index (χ0n) is 10.9. The first kappa shape index (κ1) is 11.6. The van der Waals surface area contributed by atoms with Crippen LogP contribution in [-0.4, -0.2) is 7.05 Å². The zero-order chi connectivity index (χ0) is 13.2. The maximum atomic E-state index is 8.97. The van der Waals surface area contributed by atoms with Gasteiger partial charge in [-0.15, -0.1) is 0 Å². The second-order valence-corrected chi connectivity index (χ2v) is 4.75. The van der Waals surface area contributed by atoms with E-state index in [1.165, 1.54) is 11.1 Å². The lowest BCUT2D eigenvalue weighted by molar-refractivity contribution is 0.880. The molecule has 0 saturated heterocycles. The number of rotatable bonds is 2. The van der Waals surface area contributed by atoms with Gasteiger partial charge in [0, 0.05) is 31.5 Å². The minimum atomic E-state index is 0.712. The van der Waals surface area contributed by atoms with Gasteiger partial charge in [0.05, 0.1) is 11.6 Å². The van der Waals surface area contributed by atoms with Crippen molar-refractivity contribution in [2.24, 2.45) is 0 Å². The minimum absolute atomic E-state index is 0.712. The Bertz CT molecular complexity index is 655. The number of nitrogens with zero attached hydrogens (tertiary/aromatic N) is 2. The van der Waals surface area contributed by atoms with Gasteiger partial charge in [0.25, 0.3) is 0 Å². The van der Waals surface area contributed by atoms with Crippen molar-refractivity contribution in [1.29, 1.82) is 5.26 Å². The summed E-state index contributed by atoms with van der Waals surface area (Å²) in [5.74, 6) is 0. The molecular formula is C16H15N3. The number of fused-ring (bicyclic) bond motifs is 1. The molecule has 19 heavy (non-hydrogen) atoms. The SMILES string of the molecule is CNc1ccc2c(c1)CN(c1cccc(C#N)c1)C2. The maximum Gasteiger partial charge on any atom is 0.0992 e. The Morgan fingerprint density at radius 2 is 1.95 bits per heavy atom. The molecule has 3 nitrogen and oxygen atoms in total. The second kappa shape index (κ2) is 4.66. The van der Waals surface area contributed by atoms with Gasteiger partial charge in [-0.05, 0) is 41.5 Å². The molecule has 1 heterocycles. The summed E-state index contributed by atoms with van der Waals surface area (Å²) in [5, 5.41) is 12.1. The first-order valence-electron chi connectivity index (χ1n) is 6.35. The van der Waals surface area contributed by atoms with E-state index in [0.29, 0.717) is 5.56 Å². The summed E-state index contributed by atoms with van der Waals surface area (Å²) < 4.78 is 0. The van der Waals surface area contributed by atoms with Gasteiger partial charge in [-0.1, -0.05) is 12.1 Å². The molecule has 2 aromatic rings. The van der Waals surface area contributed by atoms with Crippen LogP contribution in [0.5, 0.6) is 0 Å². The summed E-state index contributed by atoms with van der Waals surface area (Å²) in [5.41, 5.74) is 5.69. The predicted octanol–water partition coefficient (Wildman–Crippen LogP) is 3.12. The zero-order valence-corrected chi connectivity index (χ0v) is 10.9. The third kappa shape index (κ3) is 2.13. The van der Waals surface area contributed by atoms with Crippen molar-refractivity contribution >= 4 is 11.4 Å². The molecule has 1 aliphatic heterocycles. The topological polar surface area (TPSA) is 39.1 Å². The first-order valence-corrected chi connectivity index (χ1v) is 6.35. The van der Waals surface area contributed by atoms with Gasteiger partial charge in [0.1, 0.15) is 0 Å². The van der Waals surface area contributed by atoms with Crippen molar-refractivity contribution in [2.45, 2.75) is 13.1 Å². The fourth-order valence-corrected chi connectivity index (χ4v) is 2.50. The van der Waals surface area contributed by atoms with Gasteiger partial charge >= 0.3 is 0 Å². The van der Waals surface area contributed by atoms with Crippen LogP contribution in [0.1, 0.15) is 16.7 Å². The van der Waals surface area contributed by atoms with Crippen LogP contribution in [0.15, 0.2) is 42.5 Å². The Morgan fingerprint density at radius 3 is 2.74 bits per heavy atom. The second-order valence-electron chi connectivity index (χ2n) is 4.75. The Balaban J connectivity index is 1.89. The van der Waals surface area contributed by atoms with Gasteiger partial charge in [-0.25, -0.2) is 0 Å². The number of hydrogen-bond acceptors (Lipinski definition) is 3. The lowest BCUT2D eigenvalue weighted by Crippen LogP contribution is -2.14. The van der Waals surface area contributed by atoms with Crippen LogP contribution in [0, 0.1) is 11.3 Å². The van der Waals surface area contributed by atoms with Gasteiger partial charge in [-0.2, -0.15) is 5.26 Å². The van der Waals surface area contributed by atoms with Crippen molar-refractivity contribution < 1.29 is 0 Å². The molecule has 1 N–H and O–H groups in total. The van der Waals surface area contributed by atoms with Crippen molar-refractivity contribution in [3.63, 3.8) is 0 Å². The van der Waals surface area contributed by atoms with E-state index in [-0.39, 0.29) is 0 Å². The lowest BCUT2D eigenvalue weighted by atomic mass is 10.1. The standard InChI is InChI=1S/C16H15N3/c1-18-15-6-5-13-10-19(11-14(13)8-15)16-4-2-3-12(7-16)9-17/h2-8,18H,10-11H2,1H3. The molecule has 0 atom stereocenters. The van der Waals surface area contributed by atoms with E-state index in [0.717, 1.165) is 24.5 Å². The Hall–Kier alpha value is -2.47.